The van der Waals surface area contributed by atoms with Gasteiger partial charge in [-0.3, -0.25) is 0 Å². The van der Waals surface area contributed by atoms with Crippen LogP contribution in [0.1, 0.15) is 33.5 Å². The number of rotatable bonds is 5. The van der Waals surface area contributed by atoms with Gasteiger partial charge in [-0.25, -0.2) is 14.6 Å². The van der Waals surface area contributed by atoms with Crippen molar-refractivity contribution in [2.45, 2.75) is 13.5 Å². The average molecular weight is 387 g/mol. The van der Waals surface area contributed by atoms with Crippen LogP contribution in [-0.4, -0.2) is 23.5 Å². The molecule has 0 N–H and O–H groups in total. The van der Waals surface area contributed by atoms with Gasteiger partial charge >= 0.3 is 17.6 Å². The summed E-state index contributed by atoms with van der Waals surface area (Å²) in [6.07, 6.45) is 0. The van der Waals surface area contributed by atoms with E-state index in [1.807, 2.05) is 0 Å². The van der Waals surface area contributed by atoms with Gasteiger partial charge in [-0.15, -0.1) is 0 Å². The van der Waals surface area contributed by atoms with Crippen LogP contribution in [0.4, 0.5) is 0 Å². The van der Waals surface area contributed by atoms with Gasteiger partial charge in [0.15, 0.2) is 5.69 Å². The maximum Gasteiger partial charge on any atom is 0.407 e. The van der Waals surface area contributed by atoms with Gasteiger partial charge in [0.25, 0.3) is 0 Å². The molecule has 3 aromatic rings. The summed E-state index contributed by atoms with van der Waals surface area (Å²) >= 11 is 5.80. The molecule has 138 valence electrons. The van der Waals surface area contributed by atoms with Gasteiger partial charge in [-0.1, -0.05) is 23.7 Å². The summed E-state index contributed by atoms with van der Waals surface area (Å²) in [5.74, 6) is -1.46. The van der Waals surface area contributed by atoms with Crippen molar-refractivity contribution in [3.05, 3.63) is 75.7 Å². The number of carbonyl (C=O) groups is 2. The molecular weight excluding hydrogens is 372 g/mol. The molecule has 1 heterocycles. The van der Waals surface area contributed by atoms with Crippen molar-refractivity contribution < 1.29 is 23.8 Å². The number of fused-ring (bicyclic) bond motifs is 1. The first-order valence-corrected chi connectivity index (χ1v) is 8.50. The summed E-state index contributed by atoms with van der Waals surface area (Å²) in [5.41, 5.74) is 0.586. The fourth-order valence-electron chi connectivity index (χ4n) is 2.47. The third kappa shape index (κ3) is 3.98. The second kappa shape index (κ2) is 8.01. The zero-order valence-corrected chi connectivity index (χ0v) is 15.1. The van der Waals surface area contributed by atoms with E-state index < -0.39 is 11.9 Å². The molecule has 0 bridgehead atoms. The van der Waals surface area contributed by atoms with Crippen LogP contribution in [0.5, 0.6) is 0 Å². The van der Waals surface area contributed by atoms with Gasteiger partial charge in [0.1, 0.15) is 12.1 Å². The van der Waals surface area contributed by atoms with Crippen LogP contribution in [0.25, 0.3) is 11.0 Å². The SMILES string of the molecule is CCOC(=O)c1c(COC(=O)c2ccc(Cl)cc2)nc2ccccc2[n+]1[O-]. The molecule has 1 aromatic heterocycles. The van der Waals surface area contributed by atoms with Crippen molar-refractivity contribution in [2.75, 3.05) is 6.61 Å². The molecule has 2 aromatic carbocycles. The van der Waals surface area contributed by atoms with Crippen LogP contribution in [0.15, 0.2) is 48.5 Å². The third-order valence-corrected chi connectivity index (χ3v) is 3.97. The highest BCUT2D eigenvalue weighted by molar-refractivity contribution is 6.30. The van der Waals surface area contributed by atoms with Crippen molar-refractivity contribution in [3.63, 3.8) is 0 Å². The lowest BCUT2D eigenvalue weighted by molar-refractivity contribution is -0.581. The van der Waals surface area contributed by atoms with E-state index >= 15 is 0 Å². The Morgan fingerprint density at radius 2 is 1.78 bits per heavy atom. The van der Waals surface area contributed by atoms with E-state index in [0.717, 1.165) is 0 Å². The normalized spacial score (nSPS) is 10.6. The molecule has 0 unspecified atom stereocenters. The Hall–Kier alpha value is -3.19. The van der Waals surface area contributed by atoms with Gasteiger partial charge in [0, 0.05) is 11.1 Å². The summed E-state index contributed by atoms with van der Waals surface area (Å²) in [7, 11) is 0. The highest BCUT2D eigenvalue weighted by Crippen LogP contribution is 2.15. The zero-order chi connectivity index (χ0) is 19.4. The van der Waals surface area contributed by atoms with Crippen molar-refractivity contribution in [1.29, 1.82) is 0 Å². The highest BCUT2D eigenvalue weighted by atomic mass is 35.5. The molecule has 3 rings (SSSR count). The van der Waals surface area contributed by atoms with Crippen LogP contribution in [0.2, 0.25) is 5.02 Å². The first-order valence-electron chi connectivity index (χ1n) is 8.12. The number of carbonyl (C=O) groups excluding carboxylic acids is 2. The number of halogens is 1. The zero-order valence-electron chi connectivity index (χ0n) is 14.3. The Morgan fingerprint density at radius 3 is 2.48 bits per heavy atom. The Bertz CT molecular complexity index is 1000. The molecule has 0 saturated carbocycles. The van der Waals surface area contributed by atoms with Gasteiger partial charge in [-0.05, 0) is 37.3 Å². The smallest absolute Gasteiger partial charge is 0.407 e. The molecular formula is C19H15ClN2O5. The molecule has 8 heteroatoms. The summed E-state index contributed by atoms with van der Waals surface area (Å²) in [4.78, 5) is 28.7. The van der Waals surface area contributed by atoms with Crippen LogP contribution < -0.4 is 4.73 Å². The monoisotopic (exact) mass is 386 g/mol. The summed E-state index contributed by atoms with van der Waals surface area (Å²) in [5, 5.41) is 13.1. The van der Waals surface area contributed by atoms with Gasteiger partial charge in [-0.2, -0.15) is 4.73 Å². The number of para-hydroxylation sites is 2. The quantitative estimate of drug-likeness (QED) is 0.380. The summed E-state index contributed by atoms with van der Waals surface area (Å²) in [6.45, 7) is 1.36. The minimum Gasteiger partial charge on any atom is -0.618 e. The van der Waals surface area contributed by atoms with Crippen molar-refractivity contribution in [3.8, 4) is 0 Å². The third-order valence-electron chi connectivity index (χ3n) is 3.72. The lowest BCUT2D eigenvalue weighted by Gasteiger charge is -2.11. The average Bonchev–Trinajstić information content (AvgIpc) is 2.67. The fraction of sp³-hybridized carbons (Fsp3) is 0.158. The number of hydrogen-bond acceptors (Lipinski definition) is 6. The number of aromatic nitrogens is 2. The molecule has 0 aliphatic rings. The minimum absolute atomic E-state index is 0.0180. The molecule has 0 amide bonds. The molecule has 0 fully saturated rings. The molecule has 0 radical (unpaired) electrons. The molecule has 0 saturated heterocycles. The van der Waals surface area contributed by atoms with Crippen LogP contribution >= 0.6 is 11.6 Å². The Labute approximate surface area is 159 Å². The second-order valence-electron chi connectivity index (χ2n) is 5.49. The Kier molecular flexibility index (Phi) is 5.52. The molecule has 7 nitrogen and oxygen atoms in total. The first-order chi connectivity index (χ1) is 13.0. The molecule has 0 spiro atoms. The van der Waals surface area contributed by atoms with Gasteiger partial charge < -0.3 is 14.7 Å². The van der Waals surface area contributed by atoms with E-state index in [1.165, 1.54) is 12.1 Å². The number of hydrogen-bond donors (Lipinski definition) is 0. The molecule has 0 atom stereocenters. The maximum atomic E-state index is 12.6. The first kappa shape index (κ1) is 18.6. The van der Waals surface area contributed by atoms with E-state index in [0.29, 0.717) is 15.3 Å². The van der Waals surface area contributed by atoms with Crippen LogP contribution in [0.3, 0.4) is 0 Å². The minimum atomic E-state index is -0.830. The molecule has 27 heavy (non-hydrogen) atoms. The van der Waals surface area contributed by atoms with Crippen LogP contribution in [-0.2, 0) is 16.1 Å². The van der Waals surface area contributed by atoms with E-state index in [1.54, 1.807) is 43.3 Å². The lowest BCUT2D eigenvalue weighted by Crippen LogP contribution is -2.39. The van der Waals surface area contributed by atoms with Crippen molar-refractivity contribution in [1.82, 2.24) is 4.98 Å². The number of benzene rings is 2. The summed E-state index contributed by atoms with van der Waals surface area (Å²) in [6, 6.07) is 12.7. The van der Waals surface area contributed by atoms with Crippen LogP contribution in [0, 0.1) is 5.21 Å². The fourth-order valence-corrected chi connectivity index (χ4v) is 2.60. The van der Waals surface area contributed by atoms with Gasteiger partial charge in [0.2, 0.25) is 5.52 Å². The summed E-state index contributed by atoms with van der Waals surface area (Å²) < 4.78 is 10.6. The topological polar surface area (TPSA) is 92.4 Å². The van der Waals surface area contributed by atoms with Crippen molar-refractivity contribution >= 4 is 34.6 Å². The van der Waals surface area contributed by atoms with Crippen molar-refractivity contribution in [2.24, 2.45) is 0 Å². The highest BCUT2D eigenvalue weighted by Gasteiger charge is 2.28. The maximum absolute atomic E-state index is 12.6. The Balaban J connectivity index is 1.94. The van der Waals surface area contributed by atoms with Gasteiger partial charge in [0.05, 0.1) is 12.2 Å². The number of ether oxygens (including phenoxy) is 2. The predicted molar refractivity (Wildman–Crippen MR) is 97.2 cm³/mol. The number of esters is 2. The second-order valence-corrected chi connectivity index (χ2v) is 5.93. The lowest BCUT2D eigenvalue weighted by atomic mass is 10.2. The van der Waals surface area contributed by atoms with E-state index in [9.17, 15) is 14.8 Å². The molecule has 0 aliphatic heterocycles. The Morgan fingerprint density at radius 1 is 1.07 bits per heavy atom. The van der Waals surface area contributed by atoms with E-state index in [-0.39, 0.29) is 35.7 Å². The number of nitrogens with zero attached hydrogens (tertiary/aromatic N) is 2. The molecule has 0 aliphatic carbocycles. The predicted octanol–water partition coefficient (Wildman–Crippen LogP) is 3.06. The van der Waals surface area contributed by atoms with E-state index in [2.05, 4.69) is 4.98 Å². The van der Waals surface area contributed by atoms with E-state index in [4.69, 9.17) is 21.1 Å². The largest absolute Gasteiger partial charge is 0.618 e. The standard InChI is InChI=1S/C19H15ClN2O5/c1-2-26-19(24)17-15(21-14-5-3-4-6-16(14)22(17)25)11-27-18(23)12-7-9-13(20)10-8-12/h3-10H,2,11H2,1H3.